The first kappa shape index (κ1) is 19.0. The summed E-state index contributed by atoms with van der Waals surface area (Å²) in [5.74, 6) is 6.16. The zero-order chi connectivity index (χ0) is 19.7. The van der Waals surface area contributed by atoms with Crippen molar-refractivity contribution in [2.75, 3.05) is 33.4 Å². The highest BCUT2D eigenvalue weighted by Crippen LogP contribution is 2.43. The van der Waals surface area contributed by atoms with Crippen LogP contribution in [0.4, 0.5) is 0 Å². The van der Waals surface area contributed by atoms with Gasteiger partial charge in [-0.05, 0) is 30.5 Å². The van der Waals surface area contributed by atoms with Gasteiger partial charge < -0.3 is 19.6 Å². The number of nitrogens with zero attached hydrogens (tertiary/aromatic N) is 2. The fourth-order valence-electron chi connectivity index (χ4n) is 4.58. The Morgan fingerprint density at radius 1 is 1.29 bits per heavy atom. The summed E-state index contributed by atoms with van der Waals surface area (Å²) in [6.45, 7) is 1.01. The van der Waals surface area contributed by atoms with Gasteiger partial charge in [-0.3, -0.25) is 9.59 Å². The minimum atomic E-state index is -0.219. The van der Waals surface area contributed by atoms with Gasteiger partial charge in [0.15, 0.2) is 0 Å². The second-order valence-electron chi connectivity index (χ2n) is 7.85. The molecule has 3 atom stereocenters. The van der Waals surface area contributed by atoms with Crippen molar-refractivity contribution in [1.29, 1.82) is 0 Å². The molecule has 148 valence electrons. The molecule has 6 heteroatoms. The maximum atomic E-state index is 12.6. The van der Waals surface area contributed by atoms with Crippen LogP contribution in [0.5, 0.6) is 0 Å². The number of hydrogen-bond donors (Lipinski definition) is 1. The Hall–Kier alpha value is -2.36. The number of carbonyl (C=O) groups excluding carboxylic acids is 2. The molecule has 2 aliphatic heterocycles. The minimum Gasteiger partial charge on any atom is -0.394 e. The van der Waals surface area contributed by atoms with Crippen LogP contribution in [-0.2, 0) is 14.3 Å². The first-order chi connectivity index (χ1) is 13.6. The summed E-state index contributed by atoms with van der Waals surface area (Å²) >= 11 is 0. The lowest BCUT2D eigenvalue weighted by atomic mass is 9.73. The Morgan fingerprint density at radius 2 is 2.04 bits per heavy atom. The minimum absolute atomic E-state index is 0.0342. The molecule has 1 aromatic rings. The molecule has 3 fully saturated rings. The predicted molar refractivity (Wildman–Crippen MR) is 103 cm³/mol. The quantitative estimate of drug-likeness (QED) is 0.789. The molecule has 0 aromatic heterocycles. The highest BCUT2D eigenvalue weighted by molar-refractivity contribution is 5.89. The van der Waals surface area contributed by atoms with E-state index < -0.39 is 0 Å². The van der Waals surface area contributed by atoms with Gasteiger partial charge in [0.2, 0.25) is 11.8 Å². The van der Waals surface area contributed by atoms with Gasteiger partial charge in [-0.2, -0.15) is 0 Å². The van der Waals surface area contributed by atoms with Crippen LogP contribution >= 0.6 is 0 Å². The zero-order valence-corrected chi connectivity index (χ0v) is 16.1. The van der Waals surface area contributed by atoms with Gasteiger partial charge in [0, 0.05) is 31.1 Å². The van der Waals surface area contributed by atoms with Crippen LogP contribution in [0.2, 0.25) is 0 Å². The van der Waals surface area contributed by atoms with E-state index in [2.05, 4.69) is 11.8 Å². The lowest BCUT2D eigenvalue weighted by Gasteiger charge is -2.59. The van der Waals surface area contributed by atoms with E-state index in [4.69, 9.17) is 4.74 Å². The standard InChI is InChI=1S/C22H26N2O4/c1-28-11-3-4-15-7-9-16(10-8-15)21-18-12-23(22(27)17-5-2-6-17)13-20(26)24(18)19(21)14-25/h7-10,17-19,21,25H,2,5-6,11-14H2,1H3/t18-,19+,21-/m1/s1. The molecule has 0 spiro atoms. The summed E-state index contributed by atoms with van der Waals surface area (Å²) in [6, 6.07) is 7.66. The maximum absolute atomic E-state index is 12.6. The van der Waals surface area contributed by atoms with E-state index >= 15 is 0 Å². The van der Waals surface area contributed by atoms with Crippen molar-refractivity contribution in [3.63, 3.8) is 0 Å². The molecule has 0 bridgehead atoms. The van der Waals surface area contributed by atoms with Crippen molar-refractivity contribution in [3.05, 3.63) is 35.4 Å². The van der Waals surface area contributed by atoms with Gasteiger partial charge >= 0.3 is 0 Å². The molecule has 1 saturated carbocycles. The SMILES string of the molecule is COCC#Cc1ccc([C@@H]2[C@H]3CN(C(=O)C4CCC4)CC(=O)N3[C@H]2CO)cc1. The van der Waals surface area contributed by atoms with E-state index in [1.807, 2.05) is 24.3 Å². The van der Waals surface area contributed by atoms with Crippen LogP contribution in [0.3, 0.4) is 0 Å². The maximum Gasteiger partial charge on any atom is 0.242 e. The highest BCUT2D eigenvalue weighted by atomic mass is 16.5. The smallest absolute Gasteiger partial charge is 0.242 e. The summed E-state index contributed by atoms with van der Waals surface area (Å²) in [5, 5.41) is 9.87. The van der Waals surface area contributed by atoms with Crippen LogP contribution in [0.1, 0.15) is 36.3 Å². The average Bonchev–Trinajstić information content (AvgIpc) is 2.63. The second kappa shape index (κ2) is 7.94. The molecule has 28 heavy (non-hydrogen) atoms. The third-order valence-corrected chi connectivity index (χ3v) is 6.26. The number of amides is 2. The first-order valence-electron chi connectivity index (χ1n) is 9.92. The average molecular weight is 382 g/mol. The van der Waals surface area contributed by atoms with Crippen molar-refractivity contribution >= 4 is 11.8 Å². The number of aliphatic hydroxyl groups excluding tert-OH is 1. The zero-order valence-electron chi connectivity index (χ0n) is 16.1. The highest BCUT2D eigenvalue weighted by Gasteiger charge is 2.54. The summed E-state index contributed by atoms with van der Waals surface area (Å²) in [6.07, 6.45) is 2.97. The lowest BCUT2D eigenvalue weighted by Crippen LogP contribution is -2.73. The first-order valence-corrected chi connectivity index (χ1v) is 9.92. The van der Waals surface area contributed by atoms with E-state index in [0.29, 0.717) is 13.2 Å². The van der Waals surface area contributed by atoms with Crippen LogP contribution < -0.4 is 0 Å². The Bertz CT molecular complexity index is 806. The number of methoxy groups -OCH3 is 1. The molecule has 1 aliphatic carbocycles. The molecule has 1 aromatic carbocycles. The molecule has 0 unspecified atom stereocenters. The molecule has 2 amide bonds. The Morgan fingerprint density at radius 3 is 2.64 bits per heavy atom. The van der Waals surface area contributed by atoms with Crippen molar-refractivity contribution in [2.45, 2.75) is 37.3 Å². The van der Waals surface area contributed by atoms with E-state index in [-0.39, 0.29) is 48.9 Å². The van der Waals surface area contributed by atoms with Gasteiger partial charge in [0.25, 0.3) is 0 Å². The van der Waals surface area contributed by atoms with Gasteiger partial charge in [0.1, 0.15) is 6.61 Å². The van der Waals surface area contributed by atoms with E-state index in [0.717, 1.165) is 30.4 Å². The number of aliphatic hydroxyl groups is 1. The molecular formula is C22H26N2O4. The van der Waals surface area contributed by atoms with Crippen molar-refractivity contribution in [2.24, 2.45) is 5.92 Å². The third-order valence-electron chi connectivity index (χ3n) is 6.26. The fraction of sp³-hybridized carbons (Fsp3) is 0.545. The predicted octanol–water partition coefficient (Wildman–Crippen LogP) is 0.982. The number of ether oxygens (including phenoxy) is 1. The number of piperazine rings is 1. The van der Waals surface area contributed by atoms with E-state index in [9.17, 15) is 14.7 Å². The van der Waals surface area contributed by atoms with Crippen LogP contribution in [0, 0.1) is 17.8 Å². The molecule has 0 radical (unpaired) electrons. The largest absolute Gasteiger partial charge is 0.394 e. The molecule has 4 rings (SSSR count). The monoisotopic (exact) mass is 382 g/mol. The Kier molecular flexibility index (Phi) is 5.38. The molecule has 3 aliphatic rings. The van der Waals surface area contributed by atoms with Crippen molar-refractivity contribution in [1.82, 2.24) is 9.80 Å². The van der Waals surface area contributed by atoms with Crippen molar-refractivity contribution in [3.8, 4) is 11.8 Å². The normalized spacial score (nSPS) is 26.6. The van der Waals surface area contributed by atoms with Gasteiger partial charge in [-0.25, -0.2) is 0 Å². The third kappa shape index (κ3) is 3.30. The Labute approximate surface area is 165 Å². The lowest BCUT2D eigenvalue weighted by molar-refractivity contribution is -0.169. The van der Waals surface area contributed by atoms with Gasteiger partial charge in [0.05, 0.1) is 25.2 Å². The summed E-state index contributed by atoms with van der Waals surface area (Å²) in [7, 11) is 1.61. The topological polar surface area (TPSA) is 70.1 Å². The van der Waals surface area contributed by atoms with Crippen LogP contribution in [-0.4, -0.2) is 72.2 Å². The fourth-order valence-corrected chi connectivity index (χ4v) is 4.58. The molecular weight excluding hydrogens is 356 g/mol. The van der Waals surface area contributed by atoms with Crippen LogP contribution in [0.15, 0.2) is 24.3 Å². The van der Waals surface area contributed by atoms with Gasteiger partial charge in [-0.15, -0.1) is 0 Å². The number of rotatable bonds is 4. The summed E-state index contributed by atoms with van der Waals surface area (Å²) < 4.78 is 4.94. The molecule has 6 nitrogen and oxygen atoms in total. The van der Waals surface area contributed by atoms with Crippen molar-refractivity contribution < 1.29 is 19.4 Å². The van der Waals surface area contributed by atoms with E-state index in [1.165, 1.54) is 0 Å². The Balaban J connectivity index is 1.51. The number of fused-ring (bicyclic) bond motifs is 1. The number of carbonyl (C=O) groups is 2. The second-order valence-corrected chi connectivity index (χ2v) is 7.85. The van der Waals surface area contributed by atoms with E-state index in [1.54, 1.807) is 16.9 Å². The molecule has 2 saturated heterocycles. The number of benzene rings is 1. The molecule has 1 N–H and O–H groups in total. The molecule has 2 heterocycles. The number of hydrogen-bond acceptors (Lipinski definition) is 4. The summed E-state index contributed by atoms with van der Waals surface area (Å²) in [4.78, 5) is 28.8. The van der Waals surface area contributed by atoms with Gasteiger partial charge in [-0.1, -0.05) is 30.4 Å². The summed E-state index contributed by atoms with van der Waals surface area (Å²) in [5.41, 5.74) is 1.97. The van der Waals surface area contributed by atoms with Crippen LogP contribution in [0.25, 0.3) is 0 Å².